The minimum atomic E-state index is -2.67. The number of hydrogen-bond donors (Lipinski definition) is 0. The Balaban J connectivity index is 2.27. The van der Waals surface area contributed by atoms with Crippen LogP contribution in [0.25, 0.3) is 10.9 Å². The van der Waals surface area contributed by atoms with Crippen molar-refractivity contribution < 1.29 is 12.9 Å². The van der Waals surface area contributed by atoms with Crippen LogP contribution in [0.5, 0.6) is 0 Å². The maximum Gasteiger partial charge on any atom is 0.225 e. The molecule has 100 valence electrons. The van der Waals surface area contributed by atoms with E-state index in [1.807, 2.05) is 0 Å². The van der Waals surface area contributed by atoms with Gasteiger partial charge in [-0.05, 0) is 11.6 Å². The van der Waals surface area contributed by atoms with E-state index in [-0.39, 0.29) is 28.4 Å². The third kappa shape index (κ3) is 2.08. The van der Waals surface area contributed by atoms with Gasteiger partial charge in [0.1, 0.15) is 17.5 Å². The van der Waals surface area contributed by atoms with E-state index in [4.69, 9.17) is 27.3 Å². The highest BCUT2D eigenvalue weighted by molar-refractivity contribution is 6.30. The molecule has 2 atom stereocenters. The smallest absolute Gasteiger partial charge is 0.225 e. The standard InChI is InChI=1S/C11H8Cl2F2N4/c1-19(6-2-5(6)14)10-4-3-16-9(12)7(15)8(4)17-11(13)18-10/h3,5-6H,2H2,1H3/t5-,6-/m0/s1/i1D3. The van der Waals surface area contributed by atoms with Crippen LogP contribution in [0.4, 0.5) is 14.6 Å². The van der Waals surface area contributed by atoms with Crippen molar-refractivity contribution in [2.75, 3.05) is 11.9 Å². The molecule has 1 aliphatic carbocycles. The summed E-state index contributed by atoms with van der Waals surface area (Å²) < 4.78 is 50.2. The minimum absolute atomic E-state index is 0.00141. The average molecular weight is 308 g/mol. The Morgan fingerprint density at radius 1 is 1.47 bits per heavy atom. The number of aromatic nitrogens is 3. The molecule has 19 heavy (non-hydrogen) atoms. The van der Waals surface area contributed by atoms with Crippen molar-refractivity contribution in [3.63, 3.8) is 0 Å². The largest absolute Gasteiger partial charge is 0.353 e. The second-order valence-corrected chi connectivity index (χ2v) is 4.83. The first-order chi connectivity index (χ1) is 10.2. The quantitative estimate of drug-likeness (QED) is 0.632. The molecule has 8 heteroatoms. The molecule has 0 unspecified atom stereocenters. The van der Waals surface area contributed by atoms with E-state index in [1.54, 1.807) is 0 Å². The fourth-order valence-electron chi connectivity index (χ4n) is 1.75. The number of anilines is 1. The molecule has 0 spiro atoms. The van der Waals surface area contributed by atoms with Crippen LogP contribution in [-0.4, -0.2) is 34.1 Å². The van der Waals surface area contributed by atoms with Gasteiger partial charge in [0.15, 0.2) is 11.0 Å². The summed E-state index contributed by atoms with van der Waals surface area (Å²) in [4.78, 5) is 12.0. The monoisotopic (exact) mass is 307 g/mol. The van der Waals surface area contributed by atoms with Gasteiger partial charge in [-0.15, -0.1) is 0 Å². The molecule has 0 N–H and O–H groups in total. The number of rotatable bonds is 2. The third-order valence-electron chi connectivity index (χ3n) is 2.84. The number of halogens is 4. The van der Waals surface area contributed by atoms with Crippen molar-refractivity contribution >= 4 is 39.9 Å². The molecule has 1 fully saturated rings. The number of nitrogens with zero attached hydrogens (tertiary/aromatic N) is 4. The van der Waals surface area contributed by atoms with Crippen LogP contribution in [0.3, 0.4) is 0 Å². The lowest BCUT2D eigenvalue weighted by Crippen LogP contribution is -2.23. The van der Waals surface area contributed by atoms with Crippen molar-refractivity contribution in [1.29, 1.82) is 0 Å². The van der Waals surface area contributed by atoms with Gasteiger partial charge in [-0.1, -0.05) is 11.6 Å². The molecule has 2 heterocycles. The van der Waals surface area contributed by atoms with Crippen LogP contribution in [-0.2, 0) is 0 Å². The molecular weight excluding hydrogens is 297 g/mol. The molecule has 0 amide bonds. The summed E-state index contributed by atoms with van der Waals surface area (Å²) >= 11 is 11.3. The Kier molecular flexibility index (Phi) is 2.22. The number of hydrogen-bond acceptors (Lipinski definition) is 4. The molecule has 2 aromatic rings. The number of pyridine rings is 1. The average Bonchev–Trinajstić information content (AvgIpc) is 3.09. The summed E-state index contributed by atoms with van der Waals surface area (Å²) in [6.07, 6.45) is -0.111. The highest BCUT2D eigenvalue weighted by Crippen LogP contribution is 2.36. The molecular formula is C11H8Cl2F2N4. The first-order valence-electron chi connectivity index (χ1n) is 6.81. The molecule has 0 saturated heterocycles. The predicted octanol–water partition coefficient (Wildman–Crippen LogP) is 3.02. The van der Waals surface area contributed by atoms with Crippen LogP contribution in [0.15, 0.2) is 6.20 Å². The molecule has 0 aromatic carbocycles. The third-order valence-corrected chi connectivity index (χ3v) is 3.27. The van der Waals surface area contributed by atoms with Gasteiger partial charge < -0.3 is 4.90 Å². The van der Waals surface area contributed by atoms with Crippen LogP contribution >= 0.6 is 23.2 Å². The van der Waals surface area contributed by atoms with Crippen molar-refractivity contribution in [2.45, 2.75) is 18.6 Å². The van der Waals surface area contributed by atoms with Crippen LogP contribution in [0.1, 0.15) is 10.5 Å². The maximum absolute atomic E-state index is 14.0. The van der Waals surface area contributed by atoms with Gasteiger partial charge in [0.2, 0.25) is 5.28 Å². The molecule has 2 aromatic heterocycles. The van der Waals surface area contributed by atoms with Crippen molar-refractivity contribution in [2.24, 2.45) is 0 Å². The van der Waals surface area contributed by atoms with E-state index in [2.05, 4.69) is 15.0 Å². The predicted molar refractivity (Wildman–Crippen MR) is 69.0 cm³/mol. The van der Waals surface area contributed by atoms with Gasteiger partial charge in [0.25, 0.3) is 0 Å². The minimum Gasteiger partial charge on any atom is -0.353 e. The SMILES string of the molecule is [2H]C([2H])([2H])N(c1nc(Cl)nc2c(F)c(Cl)ncc12)[C@H]1C[C@@H]1F. The van der Waals surface area contributed by atoms with Crippen molar-refractivity contribution in [3.05, 3.63) is 22.5 Å². The lowest BCUT2D eigenvalue weighted by Gasteiger charge is -2.19. The van der Waals surface area contributed by atoms with E-state index in [0.717, 1.165) is 11.1 Å². The van der Waals surface area contributed by atoms with Gasteiger partial charge in [0.05, 0.1) is 11.4 Å². The van der Waals surface area contributed by atoms with Crippen molar-refractivity contribution in [3.8, 4) is 0 Å². The zero-order valence-corrected chi connectivity index (χ0v) is 10.8. The van der Waals surface area contributed by atoms with E-state index < -0.39 is 30.2 Å². The zero-order chi connectivity index (χ0) is 16.2. The summed E-state index contributed by atoms with van der Waals surface area (Å²) in [6.45, 7) is -2.67. The summed E-state index contributed by atoms with van der Waals surface area (Å²) in [7, 11) is 0. The Morgan fingerprint density at radius 2 is 2.21 bits per heavy atom. The second kappa shape index (κ2) is 4.38. The first-order valence-corrected chi connectivity index (χ1v) is 6.06. The first kappa shape index (κ1) is 9.61. The van der Waals surface area contributed by atoms with E-state index in [9.17, 15) is 8.78 Å². The van der Waals surface area contributed by atoms with E-state index in [1.165, 1.54) is 0 Å². The molecule has 0 radical (unpaired) electrons. The molecule has 0 bridgehead atoms. The summed E-state index contributed by atoms with van der Waals surface area (Å²) in [5.74, 6) is -1.13. The number of alkyl halides is 1. The van der Waals surface area contributed by atoms with Gasteiger partial charge in [0, 0.05) is 23.7 Å². The summed E-state index contributed by atoms with van der Waals surface area (Å²) in [5.41, 5.74) is -0.264. The highest BCUT2D eigenvalue weighted by atomic mass is 35.5. The Hall–Kier alpha value is -1.27. The summed E-state index contributed by atoms with van der Waals surface area (Å²) in [6, 6.07) is -0.875. The normalized spacial score (nSPS) is 24.7. The molecule has 1 saturated carbocycles. The topological polar surface area (TPSA) is 41.9 Å². The molecule has 1 aliphatic rings. The Labute approximate surface area is 121 Å². The van der Waals surface area contributed by atoms with Crippen LogP contribution < -0.4 is 4.90 Å². The second-order valence-electron chi connectivity index (χ2n) is 4.13. The lowest BCUT2D eigenvalue weighted by molar-refractivity contribution is 0.464. The van der Waals surface area contributed by atoms with Gasteiger partial charge in [-0.25, -0.2) is 18.7 Å². The zero-order valence-electron chi connectivity index (χ0n) is 12.2. The molecule has 0 aliphatic heterocycles. The summed E-state index contributed by atoms with van der Waals surface area (Å²) in [5, 5.41) is -0.793. The van der Waals surface area contributed by atoms with Crippen LogP contribution in [0, 0.1) is 5.82 Å². The van der Waals surface area contributed by atoms with Crippen LogP contribution in [0.2, 0.25) is 10.4 Å². The van der Waals surface area contributed by atoms with Gasteiger partial charge >= 0.3 is 0 Å². The number of fused-ring (bicyclic) bond motifs is 1. The van der Waals surface area contributed by atoms with Crippen molar-refractivity contribution in [1.82, 2.24) is 15.0 Å². The fourth-order valence-corrected chi connectivity index (χ4v) is 2.06. The van der Waals surface area contributed by atoms with E-state index >= 15 is 0 Å². The lowest BCUT2D eigenvalue weighted by atomic mass is 10.2. The molecule has 3 rings (SSSR count). The Bertz CT molecular complexity index is 758. The van der Waals surface area contributed by atoms with Gasteiger partial charge in [-0.2, -0.15) is 4.98 Å². The van der Waals surface area contributed by atoms with E-state index in [0.29, 0.717) is 0 Å². The maximum atomic E-state index is 14.0. The highest BCUT2D eigenvalue weighted by Gasteiger charge is 2.42. The Morgan fingerprint density at radius 3 is 2.84 bits per heavy atom. The molecule has 4 nitrogen and oxygen atoms in total. The van der Waals surface area contributed by atoms with Gasteiger partial charge in [-0.3, -0.25) is 0 Å². The fraction of sp³-hybridized carbons (Fsp3) is 0.364.